The van der Waals surface area contributed by atoms with Crippen molar-refractivity contribution in [1.29, 1.82) is 0 Å². The van der Waals surface area contributed by atoms with Gasteiger partial charge in [0.1, 0.15) is 5.82 Å². The van der Waals surface area contributed by atoms with Gasteiger partial charge in [0.25, 0.3) is 0 Å². The molecule has 2 aromatic rings. The zero-order valence-electron chi connectivity index (χ0n) is 17.7. The Morgan fingerprint density at radius 1 is 1.19 bits per heavy atom. The molecule has 0 unspecified atom stereocenters. The van der Waals surface area contributed by atoms with Gasteiger partial charge >= 0.3 is 0 Å². The fourth-order valence-corrected chi connectivity index (χ4v) is 5.18. The van der Waals surface area contributed by atoms with Crippen LogP contribution in [0.3, 0.4) is 0 Å². The van der Waals surface area contributed by atoms with Gasteiger partial charge in [0.15, 0.2) is 11.7 Å². The molecule has 2 fully saturated rings. The van der Waals surface area contributed by atoms with E-state index in [0.29, 0.717) is 41.0 Å². The standard InChI is InChI=1S/C20H28ClN5O4S/c1-25-6-3-13(4-7-25)20-23-11-18(30-20)14-9-19(22-10-15(14)21)24-16-5-8-26(12-17(16)27)31(2,28)29/h9-11,13,16-17,27H,3-8,12H2,1-2H3,(H,22,24)/t16-,17-/m1/s1. The van der Waals surface area contributed by atoms with E-state index in [0.717, 1.165) is 38.1 Å². The van der Waals surface area contributed by atoms with Crippen molar-refractivity contribution in [2.45, 2.75) is 37.3 Å². The molecule has 9 nitrogen and oxygen atoms in total. The summed E-state index contributed by atoms with van der Waals surface area (Å²) in [5.41, 5.74) is 0.675. The second-order valence-corrected chi connectivity index (χ2v) is 10.8. The lowest BCUT2D eigenvalue weighted by atomic mass is 9.97. The highest BCUT2D eigenvalue weighted by molar-refractivity contribution is 7.88. The van der Waals surface area contributed by atoms with Gasteiger partial charge in [0, 0.05) is 30.8 Å². The molecule has 0 spiro atoms. The number of pyridine rings is 1. The number of aliphatic hydroxyl groups is 1. The maximum atomic E-state index is 11.7. The van der Waals surface area contributed by atoms with Gasteiger partial charge in [0.05, 0.1) is 29.6 Å². The summed E-state index contributed by atoms with van der Waals surface area (Å²) in [6.07, 6.45) is 6.03. The largest absolute Gasteiger partial charge is 0.440 e. The third kappa shape index (κ3) is 5.20. The molecule has 0 aliphatic carbocycles. The van der Waals surface area contributed by atoms with E-state index in [1.165, 1.54) is 10.5 Å². The Morgan fingerprint density at radius 3 is 2.61 bits per heavy atom. The Morgan fingerprint density at radius 2 is 1.94 bits per heavy atom. The lowest BCUT2D eigenvalue weighted by Gasteiger charge is -2.35. The molecule has 4 heterocycles. The third-order valence-electron chi connectivity index (χ3n) is 6.06. The maximum absolute atomic E-state index is 11.7. The van der Waals surface area contributed by atoms with Crippen molar-refractivity contribution >= 4 is 27.4 Å². The smallest absolute Gasteiger partial charge is 0.211 e. The molecule has 11 heteroatoms. The summed E-state index contributed by atoms with van der Waals surface area (Å²) in [5, 5.41) is 14.1. The van der Waals surface area contributed by atoms with E-state index in [-0.39, 0.29) is 12.6 Å². The Labute approximate surface area is 187 Å². The average molecular weight is 470 g/mol. The molecule has 170 valence electrons. The lowest BCUT2D eigenvalue weighted by Crippen LogP contribution is -2.51. The Bertz CT molecular complexity index is 1020. The number of hydrogen-bond acceptors (Lipinski definition) is 8. The first kappa shape index (κ1) is 22.5. The number of rotatable bonds is 5. The van der Waals surface area contributed by atoms with Crippen LogP contribution in [0.25, 0.3) is 11.3 Å². The minimum absolute atomic E-state index is 0.0546. The first-order valence-electron chi connectivity index (χ1n) is 10.4. The quantitative estimate of drug-likeness (QED) is 0.683. The zero-order valence-corrected chi connectivity index (χ0v) is 19.2. The minimum Gasteiger partial charge on any atom is -0.440 e. The van der Waals surface area contributed by atoms with E-state index in [2.05, 4.69) is 27.2 Å². The number of hydrogen-bond donors (Lipinski definition) is 2. The monoisotopic (exact) mass is 469 g/mol. The predicted octanol–water partition coefficient (Wildman–Crippen LogP) is 2.01. The molecule has 2 saturated heterocycles. The van der Waals surface area contributed by atoms with E-state index >= 15 is 0 Å². The first-order valence-corrected chi connectivity index (χ1v) is 12.6. The number of piperidine rings is 2. The molecule has 0 amide bonds. The molecule has 2 aliphatic rings. The highest BCUT2D eigenvalue weighted by Crippen LogP contribution is 2.34. The van der Waals surface area contributed by atoms with Crippen LogP contribution in [0.4, 0.5) is 5.82 Å². The SMILES string of the molecule is CN1CCC(c2ncc(-c3cc(N[C@@H]4CCN(S(C)(=O)=O)C[C@H]4O)ncc3Cl)o2)CC1. The summed E-state index contributed by atoms with van der Waals surface area (Å²) in [6, 6.07) is 1.46. The number of nitrogens with zero attached hydrogens (tertiary/aromatic N) is 4. The predicted molar refractivity (Wildman–Crippen MR) is 119 cm³/mol. The van der Waals surface area contributed by atoms with Crippen molar-refractivity contribution in [1.82, 2.24) is 19.2 Å². The van der Waals surface area contributed by atoms with Crippen molar-refractivity contribution in [2.75, 3.05) is 44.8 Å². The molecule has 0 saturated carbocycles. The topological polar surface area (TPSA) is 112 Å². The molecule has 2 atom stereocenters. The van der Waals surface area contributed by atoms with Gasteiger partial charge in [-0.2, -0.15) is 4.31 Å². The second kappa shape index (κ2) is 9.03. The number of oxazole rings is 1. The normalized spacial score (nSPS) is 24.4. The highest BCUT2D eigenvalue weighted by Gasteiger charge is 2.32. The average Bonchev–Trinajstić information content (AvgIpc) is 3.20. The van der Waals surface area contributed by atoms with E-state index in [1.54, 1.807) is 12.3 Å². The summed E-state index contributed by atoms with van der Waals surface area (Å²) in [7, 11) is -1.21. The number of likely N-dealkylation sites (tertiary alicyclic amines) is 1. The van der Waals surface area contributed by atoms with Crippen LogP contribution >= 0.6 is 11.6 Å². The van der Waals surface area contributed by atoms with Crippen LogP contribution in [0.15, 0.2) is 22.9 Å². The van der Waals surface area contributed by atoms with E-state index in [1.807, 2.05) is 0 Å². The number of aliphatic hydroxyl groups excluding tert-OH is 1. The molecule has 0 aromatic carbocycles. The maximum Gasteiger partial charge on any atom is 0.211 e. The van der Waals surface area contributed by atoms with Gasteiger partial charge in [-0.15, -0.1) is 0 Å². The fraction of sp³-hybridized carbons (Fsp3) is 0.600. The molecule has 0 bridgehead atoms. The molecule has 2 aromatic heterocycles. The summed E-state index contributed by atoms with van der Waals surface area (Å²) < 4.78 is 30.8. The van der Waals surface area contributed by atoms with Gasteiger partial charge in [-0.3, -0.25) is 0 Å². The fourth-order valence-electron chi connectivity index (χ4n) is 4.13. The van der Waals surface area contributed by atoms with E-state index < -0.39 is 16.1 Å². The summed E-state index contributed by atoms with van der Waals surface area (Å²) in [4.78, 5) is 11.1. The third-order valence-corrected chi connectivity index (χ3v) is 7.63. The van der Waals surface area contributed by atoms with E-state index in [4.69, 9.17) is 16.0 Å². The van der Waals surface area contributed by atoms with Crippen molar-refractivity contribution in [3.63, 3.8) is 0 Å². The summed E-state index contributed by atoms with van der Waals surface area (Å²) >= 11 is 6.38. The van der Waals surface area contributed by atoms with Crippen LogP contribution in [0.2, 0.25) is 5.02 Å². The van der Waals surface area contributed by atoms with Crippen LogP contribution in [-0.4, -0.2) is 84.3 Å². The molecular formula is C20H28ClN5O4S. The summed E-state index contributed by atoms with van der Waals surface area (Å²) in [5.74, 6) is 2.15. The number of halogens is 1. The molecule has 2 N–H and O–H groups in total. The second-order valence-electron chi connectivity index (χ2n) is 8.42. The van der Waals surface area contributed by atoms with Gasteiger partial charge in [-0.1, -0.05) is 11.6 Å². The van der Waals surface area contributed by atoms with Crippen LogP contribution in [0, 0.1) is 0 Å². The lowest BCUT2D eigenvalue weighted by molar-refractivity contribution is 0.0952. The van der Waals surface area contributed by atoms with Gasteiger partial charge < -0.3 is 19.7 Å². The van der Waals surface area contributed by atoms with Crippen molar-refractivity contribution in [3.8, 4) is 11.3 Å². The Hall–Kier alpha value is -1.72. The van der Waals surface area contributed by atoms with Crippen LogP contribution in [0.1, 0.15) is 31.1 Å². The highest BCUT2D eigenvalue weighted by atomic mass is 35.5. The first-order chi connectivity index (χ1) is 14.7. The van der Waals surface area contributed by atoms with Crippen molar-refractivity contribution in [2.24, 2.45) is 0 Å². The molecule has 0 radical (unpaired) electrons. The van der Waals surface area contributed by atoms with Gasteiger partial charge in [0.2, 0.25) is 10.0 Å². The Kier molecular flexibility index (Phi) is 6.55. The summed E-state index contributed by atoms with van der Waals surface area (Å²) in [6.45, 7) is 2.44. The molecular weight excluding hydrogens is 442 g/mol. The number of sulfonamides is 1. The van der Waals surface area contributed by atoms with Crippen molar-refractivity contribution in [3.05, 3.63) is 29.4 Å². The molecule has 2 aliphatic heterocycles. The zero-order chi connectivity index (χ0) is 22.2. The Balaban J connectivity index is 1.47. The van der Waals surface area contributed by atoms with Crippen LogP contribution < -0.4 is 5.32 Å². The van der Waals surface area contributed by atoms with Crippen LogP contribution in [-0.2, 0) is 10.0 Å². The van der Waals surface area contributed by atoms with Gasteiger partial charge in [-0.05, 0) is 45.5 Å². The van der Waals surface area contributed by atoms with Crippen molar-refractivity contribution < 1.29 is 17.9 Å². The van der Waals surface area contributed by atoms with Gasteiger partial charge in [-0.25, -0.2) is 18.4 Å². The number of aromatic nitrogens is 2. The van der Waals surface area contributed by atoms with Crippen LogP contribution in [0.5, 0.6) is 0 Å². The minimum atomic E-state index is -3.32. The van der Waals surface area contributed by atoms with E-state index in [9.17, 15) is 13.5 Å². The number of β-amino-alcohol motifs (C(OH)–C–C–N with tert-alkyl or cyclic N) is 1. The number of nitrogens with one attached hydrogen (secondary N) is 1. The molecule has 31 heavy (non-hydrogen) atoms. The molecule has 4 rings (SSSR count). The number of anilines is 1.